The van der Waals surface area contributed by atoms with Gasteiger partial charge >= 0.3 is 5.97 Å². The van der Waals surface area contributed by atoms with E-state index in [4.69, 9.17) is 25.9 Å². The van der Waals surface area contributed by atoms with Gasteiger partial charge in [0.15, 0.2) is 5.58 Å². The summed E-state index contributed by atoms with van der Waals surface area (Å²) >= 11 is 6.02. The molecule has 5 heteroatoms. The molecule has 0 radical (unpaired) electrons. The average molecular weight is 255 g/mol. The molecular formula is C12H11ClO4. The number of aromatic carboxylic acids is 1. The molecule has 0 saturated heterocycles. The van der Waals surface area contributed by atoms with Crippen molar-refractivity contribution in [3.8, 4) is 0 Å². The van der Waals surface area contributed by atoms with Gasteiger partial charge in [-0.2, -0.15) is 0 Å². The van der Waals surface area contributed by atoms with Crippen LogP contribution in [0.15, 0.2) is 16.5 Å². The van der Waals surface area contributed by atoms with Crippen molar-refractivity contribution in [1.82, 2.24) is 0 Å². The Balaban J connectivity index is 2.79. The maximum Gasteiger partial charge on any atom is 0.372 e. The van der Waals surface area contributed by atoms with Crippen LogP contribution in [0.4, 0.5) is 0 Å². The lowest BCUT2D eigenvalue weighted by molar-refractivity contribution is 0.0658. The molecule has 1 aromatic carbocycles. The highest BCUT2D eigenvalue weighted by Crippen LogP contribution is 2.33. The van der Waals surface area contributed by atoms with Crippen molar-refractivity contribution in [1.29, 1.82) is 0 Å². The molecule has 0 saturated carbocycles. The van der Waals surface area contributed by atoms with Gasteiger partial charge in [0, 0.05) is 18.1 Å². The first-order chi connectivity index (χ1) is 8.04. The van der Waals surface area contributed by atoms with Gasteiger partial charge in [0.1, 0.15) is 0 Å². The molecule has 0 bridgehead atoms. The second-order valence-electron chi connectivity index (χ2n) is 3.77. The topological polar surface area (TPSA) is 59.7 Å². The van der Waals surface area contributed by atoms with E-state index < -0.39 is 5.97 Å². The van der Waals surface area contributed by atoms with Gasteiger partial charge in [0.25, 0.3) is 0 Å². The fraction of sp³-hybridized carbons (Fsp3) is 0.250. The van der Waals surface area contributed by atoms with Crippen LogP contribution in [0.1, 0.15) is 21.7 Å². The highest BCUT2D eigenvalue weighted by Gasteiger charge is 2.21. The summed E-state index contributed by atoms with van der Waals surface area (Å²) in [4.78, 5) is 11.1. The molecule has 1 heterocycles. The molecule has 4 nitrogen and oxygen atoms in total. The lowest BCUT2D eigenvalue weighted by atomic mass is 10.1. The Morgan fingerprint density at radius 1 is 1.53 bits per heavy atom. The van der Waals surface area contributed by atoms with E-state index in [0.717, 1.165) is 5.56 Å². The number of furan rings is 1. The number of fused-ring (bicyclic) bond motifs is 1. The number of hydrogen-bond donors (Lipinski definition) is 1. The van der Waals surface area contributed by atoms with Crippen molar-refractivity contribution in [2.24, 2.45) is 0 Å². The number of aryl methyl sites for hydroxylation is 1. The van der Waals surface area contributed by atoms with Crippen LogP contribution in [0.2, 0.25) is 5.02 Å². The minimum Gasteiger partial charge on any atom is -0.475 e. The summed E-state index contributed by atoms with van der Waals surface area (Å²) in [6.45, 7) is 2.06. The highest BCUT2D eigenvalue weighted by atomic mass is 35.5. The maximum absolute atomic E-state index is 11.1. The Hall–Kier alpha value is -1.52. The fourth-order valence-electron chi connectivity index (χ4n) is 1.80. The summed E-state index contributed by atoms with van der Waals surface area (Å²) < 4.78 is 10.3. The molecule has 2 aromatic rings. The van der Waals surface area contributed by atoms with Crippen LogP contribution in [0.3, 0.4) is 0 Å². The zero-order chi connectivity index (χ0) is 12.6. The minimum absolute atomic E-state index is 0.116. The SMILES string of the molecule is COCc1c(C(=O)O)oc2c(Cl)cc(C)cc12. The summed E-state index contributed by atoms with van der Waals surface area (Å²) in [5.41, 5.74) is 1.85. The van der Waals surface area contributed by atoms with E-state index in [2.05, 4.69) is 0 Å². The second-order valence-corrected chi connectivity index (χ2v) is 4.18. The minimum atomic E-state index is -1.12. The highest BCUT2D eigenvalue weighted by molar-refractivity contribution is 6.35. The number of ether oxygens (including phenoxy) is 1. The molecule has 1 aromatic heterocycles. The third kappa shape index (κ3) is 2.01. The largest absolute Gasteiger partial charge is 0.475 e. The van der Waals surface area contributed by atoms with Crippen molar-refractivity contribution in [3.63, 3.8) is 0 Å². The Kier molecular flexibility index (Phi) is 3.09. The lowest BCUT2D eigenvalue weighted by Gasteiger charge is -1.99. The molecule has 0 spiro atoms. The van der Waals surface area contributed by atoms with E-state index in [1.807, 2.05) is 13.0 Å². The zero-order valence-electron chi connectivity index (χ0n) is 9.41. The Morgan fingerprint density at radius 2 is 2.24 bits per heavy atom. The van der Waals surface area contributed by atoms with Crippen LogP contribution < -0.4 is 0 Å². The van der Waals surface area contributed by atoms with E-state index in [1.54, 1.807) is 6.07 Å². The Bertz CT molecular complexity index is 586. The van der Waals surface area contributed by atoms with Gasteiger partial charge < -0.3 is 14.3 Å². The molecule has 0 aliphatic rings. The van der Waals surface area contributed by atoms with Gasteiger partial charge in [-0.15, -0.1) is 0 Å². The lowest BCUT2D eigenvalue weighted by Crippen LogP contribution is -1.99. The number of benzene rings is 1. The van der Waals surface area contributed by atoms with Gasteiger partial charge in [0.05, 0.1) is 11.6 Å². The molecule has 1 N–H and O–H groups in total. The summed E-state index contributed by atoms with van der Waals surface area (Å²) in [6.07, 6.45) is 0. The van der Waals surface area contributed by atoms with Gasteiger partial charge in [-0.1, -0.05) is 11.6 Å². The van der Waals surface area contributed by atoms with E-state index in [-0.39, 0.29) is 12.4 Å². The molecule has 0 fully saturated rings. The van der Waals surface area contributed by atoms with Crippen LogP contribution in [-0.2, 0) is 11.3 Å². The molecule has 17 heavy (non-hydrogen) atoms. The van der Waals surface area contributed by atoms with Gasteiger partial charge in [-0.05, 0) is 24.6 Å². The van der Waals surface area contributed by atoms with Crippen molar-refractivity contribution < 1.29 is 19.1 Å². The summed E-state index contributed by atoms with van der Waals surface area (Å²) in [5.74, 6) is -1.24. The smallest absolute Gasteiger partial charge is 0.372 e. The third-order valence-electron chi connectivity index (χ3n) is 2.47. The molecule has 0 atom stereocenters. The number of rotatable bonds is 3. The Labute approximate surface area is 103 Å². The van der Waals surface area contributed by atoms with Crippen LogP contribution in [-0.4, -0.2) is 18.2 Å². The van der Waals surface area contributed by atoms with Crippen molar-refractivity contribution in [2.45, 2.75) is 13.5 Å². The summed E-state index contributed by atoms with van der Waals surface area (Å²) in [7, 11) is 1.50. The van der Waals surface area contributed by atoms with E-state index in [9.17, 15) is 4.79 Å². The first kappa shape index (κ1) is 12.0. The average Bonchev–Trinajstić information content (AvgIpc) is 2.58. The van der Waals surface area contributed by atoms with Gasteiger partial charge in [-0.3, -0.25) is 0 Å². The summed E-state index contributed by atoms with van der Waals surface area (Å²) in [6, 6.07) is 3.57. The van der Waals surface area contributed by atoms with Gasteiger partial charge in [-0.25, -0.2) is 4.79 Å². The molecule has 0 amide bonds. The molecular weight excluding hydrogens is 244 g/mol. The molecule has 2 rings (SSSR count). The monoisotopic (exact) mass is 254 g/mol. The predicted molar refractivity (Wildman–Crippen MR) is 63.6 cm³/mol. The van der Waals surface area contributed by atoms with Crippen molar-refractivity contribution in [3.05, 3.63) is 34.0 Å². The number of carboxylic acids is 1. The number of carbonyl (C=O) groups is 1. The van der Waals surface area contributed by atoms with Crippen LogP contribution in [0.5, 0.6) is 0 Å². The van der Waals surface area contributed by atoms with E-state index in [1.165, 1.54) is 7.11 Å². The van der Waals surface area contributed by atoms with Crippen LogP contribution >= 0.6 is 11.6 Å². The van der Waals surface area contributed by atoms with Crippen LogP contribution in [0, 0.1) is 6.92 Å². The number of carboxylic acid groups (broad SMARTS) is 1. The molecule has 0 unspecified atom stereocenters. The first-order valence-corrected chi connectivity index (χ1v) is 5.36. The normalized spacial score (nSPS) is 11.0. The van der Waals surface area contributed by atoms with Crippen molar-refractivity contribution >= 4 is 28.5 Å². The van der Waals surface area contributed by atoms with Crippen molar-refractivity contribution in [2.75, 3.05) is 7.11 Å². The number of halogens is 1. The zero-order valence-corrected chi connectivity index (χ0v) is 10.2. The third-order valence-corrected chi connectivity index (χ3v) is 2.75. The molecule has 90 valence electrons. The fourth-order valence-corrected chi connectivity index (χ4v) is 2.12. The molecule has 0 aliphatic heterocycles. The van der Waals surface area contributed by atoms with E-state index >= 15 is 0 Å². The predicted octanol–water partition coefficient (Wildman–Crippen LogP) is 3.24. The quantitative estimate of drug-likeness (QED) is 0.913. The number of methoxy groups -OCH3 is 1. The summed E-state index contributed by atoms with van der Waals surface area (Å²) in [5, 5.41) is 10.2. The van der Waals surface area contributed by atoms with E-state index in [0.29, 0.717) is 21.6 Å². The van der Waals surface area contributed by atoms with Crippen LogP contribution in [0.25, 0.3) is 11.0 Å². The van der Waals surface area contributed by atoms with Gasteiger partial charge in [0.2, 0.25) is 5.76 Å². The second kappa shape index (κ2) is 4.39. The Morgan fingerprint density at radius 3 is 2.82 bits per heavy atom. The standard InChI is InChI=1S/C12H11ClO4/c1-6-3-7-8(5-16-2)11(12(14)15)17-10(7)9(13)4-6/h3-4H,5H2,1-2H3,(H,14,15). The molecule has 0 aliphatic carbocycles. The number of hydrogen-bond acceptors (Lipinski definition) is 3. The maximum atomic E-state index is 11.1. The first-order valence-electron chi connectivity index (χ1n) is 4.98.